The first-order valence-electron chi connectivity index (χ1n) is 13.1. The molecule has 0 unspecified atom stereocenters. The fourth-order valence-corrected chi connectivity index (χ4v) is 6.60. The number of rotatable bonds is 10. The van der Waals surface area contributed by atoms with Gasteiger partial charge in [-0.25, -0.2) is 8.42 Å². The molecular weight excluding hydrogens is 578 g/mol. The van der Waals surface area contributed by atoms with Gasteiger partial charge < -0.3 is 10.2 Å². The predicted octanol–water partition coefficient (Wildman–Crippen LogP) is 5.43. The lowest BCUT2D eigenvalue weighted by Crippen LogP contribution is -2.52. The van der Waals surface area contributed by atoms with Crippen LogP contribution in [0.15, 0.2) is 88.2 Å². The Balaban J connectivity index is 1.68. The highest BCUT2D eigenvalue weighted by atomic mass is 79.9. The molecule has 7 nitrogen and oxygen atoms in total. The van der Waals surface area contributed by atoms with Crippen LogP contribution >= 0.6 is 15.9 Å². The highest BCUT2D eigenvalue weighted by molar-refractivity contribution is 9.10. The van der Waals surface area contributed by atoms with Gasteiger partial charge in [0.25, 0.3) is 10.0 Å². The Morgan fingerprint density at radius 3 is 2.21 bits per heavy atom. The minimum atomic E-state index is -4.07. The average molecular weight is 613 g/mol. The zero-order valence-electron chi connectivity index (χ0n) is 22.2. The van der Waals surface area contributed by atoms with Gasteiger partial charge in [0.05, 0.1) is 10.6 Å². The minimum absolute atomic E-state index is 0.0903. The van der Waals surface area contributed by atoms with Crippen LogP contribution in [0.25, 0.3) is 0 Å². The lowest BCUT2D eigenvalue weighted by Gasteiger charge is -2.33. The van der Waals surface area contributed by atoms with Crippen molar-refractivity contribution < 1.29 is 18.0 Å². The van der Waals surface area contributed by atoms with Crippen molar-refractivity contribution in [1.29, 1.82) is 0 Å². The number of sulfonamides is 1. The maximum Gasteiger partial charge on any atom is 0.264 e. The zero-order chi connectivity index (χ0) is 28.0. The largest absolute Gasteiger partial charge is 0.352 e. The van der Waals surface area contributed by atoms with E-state index < -0.39 is 28.5 Å². The van der Waals surface area contributed by atoms with Gasteiger partial charge in [-0.15, -0.1) is 0 Å². The van der Waals surface area contributed by atoms with Gasteiger partial charge >= 0.3 is 0 Å². The van der Waals surface area contributed by atoms with Gasteiger partial charge in [-0.2, -0.15) is 0 Å². The summed E-state index contributed by atoms with van der Waals surface area (Å²) in [6.07, 6.45) is 4.00. The molecule has 4 rings (SSSR count). The molecule has 1 N–H and O–H groups in total. The highest BCUT2D eigenvalue weighted by Gasteiger charge is 2.33. The molecule has 1 aliphatic carbocycles. The smallest absolute Gasteiger partial charge is 0.264 e. The Hall–Kier alpha value is -3.17. The predicted molar refractivity (Wildman–Crippen MR) is 157 cm³/mol. The van der Waals surface area contributed by atoms with E-state index in [1.165, 1.54) is 17.0 Å². The molecule has 1 saturated carbocycles. The second-order valence-electron chi connectivity index (χ2n) is 9.93. The summed E-state index contributed by atoms with van der Waals surface area (Å²) in [4.78, 5) is 28.8. The van der Waals surface area contributed by atoms with Crippen molar-refractivity contribution in [3.8, 4) is 0 Å². The summed E-state index contributed by atoms with van der Waals surface area (Å²) in [5, 5.41) is 3.09. The first kappa shape index (κ1) is 28.8. The third kappa shape index (κ3) is 7.08. The Kier molecular flexibility index (Phi) is 9.45. The van der Waals surface area contributed by atoms with Gasteiger partial charge in [-0.1, -0.05) is 77.3 Å². The molecule has 0 aromatic heterocycles. The van der Waals surface area contributed by atoms with Crippen LogP contribution in [0.1, 0.15) is 43.7 Å². The van der Waals surface area contributed by atoms with Crippen LogP contribution < -0.4 is 9.62 Å². The number of nitrogens with zero attached hydrogens (tertiary/aromatic N) is 2. The lowest BCUT2D eigenvalue weighted by atomic mass is 10.1. The van der Waals surface area contributed by atoms with E-state index in [0.29, 0.717) is 5.69 Å². The van der Waals surface area contributed by atoms with Gasteiger partial charge in [-0.3, -0.25) is 13.9 Å². The number of halogens is 1. The molecule has 39 heavy (non-hydrogen) atoms. The van der Waals surface area contributed by atoms with Crippen molar-refractivity contribution in [2.24, 2.45) is 0 Å². The molecule has 3 aromatic rings. The van der Waals surface area contributed by atoms with E-state index in [2.05, 4.69) is 21.2 Å². The van der Waals surface area contributed by atoms with E-state index in [9.17, 15) is 18.0 Å². The number of carbonyl (C=O) groups excluding carboxylic acids is 2. The van der Waals surface area contributed by atoms with E-state index in [1.807, 2.05) is 43.3 Å². The second kappa shape index (κ2) is 12.8. The van der Waals surface area contributed by atoms with E-state index in [4.69, 9.17) is 0 Å². The number of benzene rings is 3. The molecule has 0 bridgehead atoms. The SMILES string of the molecule is Cc1ccccc1N(CC(=O)N(Cc1ccc(Br)cc1)[C@@H](C)C(=O)NC1CCCC1)S(=O)(=O)c1ccccc1. The van der Waals surface area contributed by atoms with E-state index in [1.54, 1.807) is 37.3 Å². The molecule has 0 aliphatic heterocycles. The third-order valence-corrected chi connectivity index (χ3v) is 9.43. The molecule has 0 spiro atoms. The van der Waals surface area contributed by atoms with E-state index in [-0.39, 0.29) is 23.4 Å². The maximum atomic E-state index is 14.0. The molecule has 3 aromatic carbocycles. The average Bonchev–Trinajstić information content (AvgIpc) is 3.45. The summed E-state index contributed by atoms with van der Waals surface area (Å²) < 4.78 is 29.7. The monoisotopic (exact) mass is 611 g/mol. The van der Waals surface area contributed by atoms with Crippen molar-refractivity contribution in [3.05, 3.63) is 94.5 Å². The number of aryl methyl sites for hydroxylation is 1. The number of amides is 2. The van der Waals surface area contributed by atoms with Crippen LogP contribution in [0.2, 0.25) is 0 Å². The molecule has 206 valence electrons. The number of nitrogens with one attached hydrogen (secondary N) is 1. The lowest BCUT2D eigenvalue weighted by molar-refractivity contribution is -0.139. The minimum Gasteiger partial charge on any atom is -0.352 e. The molecule has 0 saturated heterocycles. The Labute approximate surface area is 239 Å². The second-order valence-corrected chi connectivity index (χ2v) is 12.7. The molecule has 0 radical (unpaired) electrons. The fourth-order valence-electron chi connectivity index (χ4n) is 4.84. The standard InChI is InChI=1S/C30H34BrN3O4S/c1-22-10-6-9-15-28(22)34(39(37,38)27-13-4-3-5-14-27)21-29(35)33(20-24-16-18-25(31)19-17-24)23(2)30(36)32-26-11-7-8-12-26/h3-6,9-10,13-19,23,26H,7-8,11-12,20-21H2,1-2H3,(H,32,36)/t23-/m0/s1. The molecular formula is C30H34BrN3O4S. The van der Waals surface area contributed by atoms with Crippen molar-refractivity contribution in [1.82, 2.24) is 10.2 Å². The van der Waals surface area contributed by atoms with Crippen molar-refractivity contribution >= 4 is 43.5 Å². The summed E-state index contributed by atoms with van der Waals surface area (Å²) in [5.41, 5.74) is 1.97. The van der Waals surface area contributed by atoms with Crippen LogP contribution in [0.5, 0.6) is 0 Å². The molecule has 0 heterocycles. The Morgan fingerprint density at radius 1 is 0.949 bits per heavy atom. The van der Waals surface area contributed by atoms with E-state index >= 15 is 0 Å². The number of hydrogen-bond donors (Lipinski definition) is 1. The maximum absolute atomic E-state index is 14.0. The van der Waals surface area contributed by atoms with Crippen LogP contribution in [0.4, 0.5) is 5.69 Å². The summed E-state index contributed by atoms with van der Waals surface area (Å²) in [7, 11) is -4.07. The summed E-state index contributed by atoms with van der Waals surface area (Å²) in [5.74, 6) is -0.699. The van der Waals surface area contributed by atoms with Gasteiger partial charge in [0.15, 0.2) is 0 Å². The normalized spacial score (nSPS) is 14.5. The summed E-state index contributed by atoms with van der Waals surface area (Å²) in [6.45, 7) is 3.23. The highest BCUT2D eigenvalue weighted by Crippen LogP contribution is 2.27. The summed E-state index contributed by atoms with van der Waals surface area (Å²) >= 11 is 3.43. The Bertz CT molecular complexity index is 1390. The zero-order valence-corrected chi connectivity index (χ0v) is 24.6. The third-order valence-electron chi connectivity index (χ3n) is 7.13. The first-order valence-corrected chi connectivity index (χ1v) is 15.4. The van der Waals surface area contributed by atoms with Crippen LogP contribution in [0.3, 0.4) is 0 Å². The number of carbonyl (C=O) groups is 2. The molecule has 1 fully saturated rings. The first-order chi connectivity index (χ1) is 18.7. The molecule has 1 aliphatic rings. The van der Waals surface area contributed by atoms with Crippen LogP contribution in [-0.4, -0.2) is 43.8 Å². The van der Waals surface area contributed by atoms with Crippen molar-refractivity contribution in [2.45, 2.75) is 63.1 Å². The molecule has 9 heteroatoms. The number of anilines is 1. The number of hydrogen-bond acceptors (Lipinski definition) is 4. The fraction of sp³-hybridized carbons (Fsp3) is 0.333. The topological polar surface area (TPSA) is 86.8 Å². The van der Waals surface area contributed by atoms with Crippen LogP contribution in [-0.2, 0) is 26.2 Å². The van der Waals surface area contributed by atoms with Crippen LogP contribution in [0, 0.1) is 6.92 Å². The Morgan fingerprint density at radius 2 is 1.56 bits per heavy atom. The van der Waals surface area contributed by atoms with Crippen molar-refractivity contribution in [3.63, 3.8) is 0 Å². The van der Waals surface area contributed by atoms with Gasteiger partial charge in [0.2, 0.25) is 11.8 Å². The molecule has 2 amide bonds. The van der Waals surface area contributed by atoms with Gasteiger partial charge in [-0.05, 0) is 68.1 Å². The van der Waals surface area contributed by atoms with E-state index in [0.717, 1.165) is 45.6 Å². The van der Waals surface area contributed by atoms with Gasteiger partial charge in [0.1, 0.15) is 12.6 Å². The number of para-hydroxylation sites is 1. The quantitative estimate of drug-likeness (QED) is 0.331. The molecule has 1 atom stereocenters. The van der Waals surface area contributed by atoms with Crippen molar-refractivity contribution in [2.75, 3.05) is 10.8 Å². The van der Waals surface area contributed by atoms with Gasteiger partial charge in [0, 0.05) is 17.1 Å². The summed E-state index contributed by atoms with van der Waals surface area (Å²) in [6, 6.07) is 22.0.